The average Bonchev–Trinajstić information content (AvgIpc) is 1.63. The number of benzene rings is 9. The molecule has 10 aromatic rings. The van der Waals surface area contributed by atoms with E-state index in [0.29, 0.717) is 50.4 Å². The Hall–Kier alpha value is -12.2. The first-order chi connectivity index (χ1) is 56.8. The number of sulfone groups is 3. The van der Waals surface area contributed by atoms with E-state index in [1.165, 1.54) is 85.8 Å². The third kappa shape index (κ3) is 34.2. The van der Waals surface area contributed by atoms with Crippen molar-refractivity contribution < 1.29 is 95.0 Å². The maximum absolute atomic E-state index is 13.9. The molecule has 0 fully saturated rings. The first-order valence-electron chi connectivity index (χ1n) is 35.5. The number of amides is 2. The van der Waals surface area contributed by atoms with Crippen LogP contribution in [0.2, 0.25) is 5.02 Å². The summed E-state index contributed by atoms with van der Waals surface area (Å²) in [6.45, 7) is 9.64. The van der Waals surface area contributed by atoms with Crippen LogP contribution in [0.4, 0.5) is 64.9 Å². The molecule has 0 saturated carbocycles. The highest BCUT2D eigenvalue weighted by molar-refractivity contribution is 9.08. The highest BCUT2D eigenvalue weighted by atomic mass is 79.9. The molecule has 30 nitrogen and oxygen atoms in total. The number of nitro benzene ring substituents is 5. The van der Waals surface area contributed by atoms with Gasteiger partial charge in [-0.25, -0.2) is 60.7 Å². The number of nitro groups is 5. The first kappa shape index (κ1) is 102. The zero-order chi connectivity index (χ0) is 92.1. The lowest BCUT2D eigenvalue weighted by Crippen LogP contribution is -2.29. The van der Waals surface area contributed by atoms with E-state index in [-0.39, 0.29) is 123 Å². The summed E-state index contributed by atoms with van der Waals surface area (Å²) in [5.74, 6) is -5.55. The Morgan fingerprint density at radius 3 is 1.19 bits per heavy atom. The van der Waals surface area contributed by atoms with E-state index < -0.39 is 107 Å². The summed E-state index contributed by atoms with van der Waals surface area (Å²) in [6, 6.07) is 41.6. The number of aryl methyl sites for hydroxylation is 4. The number of non-ortho nitro benzene ring substituents is 5. The van der Waals surface area contributed by atoms with Crippen molar-refractivity contribution in [2.24, 2.45) is 11.5 Å². The predicted molar refractivity (Wildman–Crippen MR) is 448 cm³/mol. The van der Waals surface area contributed by atoms with Gasteiger partial charge in [0.05, 0.1) is 107 Å². The van der Waals surface area contributed by atoms with Gasteiger partial charge < -0.3 is 17.2 Å². The number of nitrogens with two attached hydrogens (primary N) is 3. The molecule has 0 atom stereocenters. The monoisotopic (exact) mass is 1840 g/mol. The molecule has 0 saturated heterocycles. The molecule has 1 aromatic heterocycles. The van der Waals surface area contributed by atoms with Crippen molar-refractivity contribution >= 4 is 109 Å². The Morgan fingerprint density at radius 2 is 0.844 bits per heavy atom. The molecule has 652 valence electrons. The number of ketones is 1. The molecular weight excluding hydrogens is 1760 g/mol. The Balaban J connectivity index is 0.000000296. The van der Waals surface area contributed by atoms with E-state index in [2.05, 4.69) is 47.9 Å². The lowest BCUT2D eigenvalue weighted by atomic mass is 9.92. The molecule has 0 bridgehead atoms. The fourth-order valence-electron chi connectivity index (χ4n) is 10.1. The van der Waals surface area contributed by atoms with E-state index >= 15 is 0 Å². The van der Waals surface area contributed by atoms with Gasteiger partial charge in [-0.15, -0.1) is 0 Å². The van der Waals surface area contributed by atoms with Crippen LogP contribution in [0.5, 0.6) is 0 Å². The lowest BCUT2D eigenvalue weighted by Gasteiger charge is -2.14. The van der Waals surface area contributed by atoms with Gasteiger partial charge in [0.25, 0.3) is 40.3 Å². The van der Waals surface area contributed by atoms with Crippen LogP contribution < -0.4 is 17.2 Å². The van der Waals surface area contributed by atoms with Gasteiger partial charge in [-0.3, -0.25) is 69.9 Å². The number of alkyl halides is 1. The van der Waals surface area contributed by atoms with Gasteiger partial charge in [-0.2, -0.15) is 5.10 Å². The molecule has 2 heterocycles. The number of nitrogen functional groups attached to an aromatic ring is 1. The van der Waals surface area contributed by atoms with Crippen molar-refractivity contribution in [3.05, 3.63) is 345 Å². The number of carbonyl (C=O) groups is 3. The number of Topliss-reactive ketones (excluding diaryl/α,β-unsaturated/α-hetero) is 1. The van der Waals surface area contributed by atoms with Crippen LogP contribution in [-0.2, 0) is 90.4 Å². The number of aromatic nitrogens is 2. The van der Waals surface area contributed by atoms with Crippen LogP contribution in [0.25, 0.3) is 5.69 Å². The standard InChI is InChI=1S/C15H9FN2O4.C14H18ClN3.C12H15FO3S.C9H10FNO4S.C9H12FNO2S.C7H5BrFNO2.C7H7FN2O2.C7H6FNO2/c16-13-7-10(18(21)22)6-5-9(13)8-17-14(19)11-3-1-2-4-12(11)15(17)20;1-14(2,3)13-8-12(9-16)18(17-13)11-6-4-5-10(15)7-11;1-9(14)7-10-3-4-11(12(13)8-10)5-6-17(2,15)16;1-16(14,15)5-4-7-2-3-8(11(12)13)6-9(7)10;1-14(12,13)5-4-7-2-3-8(11)6-9(7)10;8-4-5-1-2-6(10(11)12)3-7(5)9;8-7-3-6(10(11)12)2-1-5(7)4-9;1-5-2-3-6(9(10)11)4-7(5)8/h1-7H,8H2;4-8H,9,16H2,1-3H3;3-4,8H,5-7H2,1-2H3;2-3,6H,4-5H2,1H3;2-3,6H,4-5,11H2,1H3;1-3H,4H2;1-3H,4,9H2;2-4H,1H3. The Morgan fingerprint density at radius 1 is 0.475 bits per heavy atom. The maximum atomic E-state index is 13.9. The molecule has 2 amide bonds. The predicted octanol–water partition coefficient (Wildman–Crippen LogP) is 15.5. The Kier molecular flexibility index (Phi) is 39.0. The molecule has 1 aliphatic heterocycles. The fourth-order valence-corrected chi connectivity index (χ4v) is 12.5. The van der Waals surface area contributed by atoms with Gasteiger partial charge in [-0.05, 0) is 151 Å². The summed E-state index contributed by atoms with van der Waals surface area (Å²) in [4.78, 5) is 84.2. The molecule has 1 aliphatic rings. The zero-order valence-electron chi connectivity index (χ0n) is 66.3. The molecule has 0 radical (unpaired) electrons. The summed E-state index contributed by atoms with van der Waals surface area (Å²) in [6.07, 6.45) is 3.86. The average molecular weight is 1850 g/mol. The lowest BCUT2D eigenvalue weighted by molar-refractivity contribution is -0.385. The van der Waals surface area contributed by atoms with Gasteiger partial charge in [-0.1, -0.05) is 84.7 Å². The number of nitrogens with zero attached hydrogens (tertiary/aromatic N) is 8. The van der Waals surface area contributed by atoms with E-state index in [1.54, 1.807) is 37.3 Å². The minimum atomic E-state index is -3.17. The van der Waals surface area contributed by atoms with Gasteiger partial charge in [0.1, 0.15) is 76.0 Å². The molecular formula is C80H82BrClF7N11O19S3. The number of rotatable bonds is 22. The SMILES string of the molecule is CC(=O)Cc1ccc(CCS(C)(=O)=O)c(F)c1.CC(C)(C)c1cc(CN)n(-c2cccc(Cl)c2)n1.CS(=O)(=O)CCc1ccc(N)cc1F.CS(=O)(=O)CCc1ccc([N+](=O)[O-])cc1F.Cc1ccc([N+](=O)[O-])cc1F.NCc1ccc([N+](=O)[O-])cc1F.O=C1c2ccccc2C(=O)N1Cc1ccc([N+](=O)[O-])cc1F.O=[N+]([O-])c1ccc(CBr)c(F)c1. The number of hydrogen-bond acceptors (Lipinski definition) is 23. The molecule has 9 aromatic carbocycles. The molecule has 0 aliphatic carbocycles. The van der Waals surface area contributed by atoms with Gasteiger partial charge in [0, 0.05) is 101 Å². The van der Waals surface area contributed by atoms with Crippen molar-refractivity contribution in [1.82, 2.24) is 14.7 Å². The zero-order valence-corrected chi connectivity index (χ0v) is 71.1. The van der Waals surface area contributed by atoms with Crippen molar-refractivity contribution in [3.8, 4) is 5.69 Å². The highest BCUT2D eigenvalue weighted by Crippen LogP contribution is 2.29. The van der Waals surface area contributed by atoms with E-state index in [4.69, 9.17) is 28.8 Å². The van der Waals surface area contributed by atoms with Crippen molar-refractivity contribution in [2.75, 3.05) is 41.8 Å². The fraction of sp³-hybridized carbons (Fsp3) is 0.250. The quantitative estimate of drug-likeness (QED) is 0.0142. The topological polar surface area (TPSA) is 468 Å². The van der Waals surface area contributed by atoms with E-state index in [9.17, 15) is 121 Å². The molecule has 42 heteroatoms. The maximum Gasteiger partial charge on any atom is 0.272 e. The number of anilines is 1. The minimum Gasteiger partial charge on any atom is -0.399 e. The van der Waals surface area contributed by atoms with Crippen LogP contribution in [0, 0.1) is 98.2 Å². The normalized spacial score (nSPS) is 11.4. The number of hydrogen-bond donors (Lipinski definition) is 3. The van der Waals surface area contributed by atoms with Gasteiger partial charge >= 0.3 is 0 Å². The van der Waals surface area contributed by atoms with Crippen molar-refractivity contribution in [1.29, 1.82) is 0 Å². The summed E-state index contributed by atoms with van der Waals surface area (Å²) in [5.41, 5.74) is 21.4. The minimum absolute atomic E-state index is 0.00768. The molecule has 0 spiro atoms. The summed E-state index contributed by atoms with van der Waals surface area (Å²) in [7, 11) is -9.30. The summed E-state index contributed by atoms with van der Waals surface area (Å²) >= 11 is 9.07. The third-order valence-corrected chi connectivity index (χ3v) is 20.3. The highest BCUT2D eigenvalue weighted by Gasteiger charge is 2.36. The molecule has 0 unspecified atom stereocenters. The third-order valence-electron chi connectivity index (χ3n) is 16.6. The number of carbonyl (C=O) groups excluding carboxylic acids is 3. The van der Waals surface area contributed by atoms with Crippen LogP contribution >= 0.6 is 27.5 Å². The smallest absolute Gasteiger partial charge is 0.272 e. The van der Waals surface area contributed by atoms with Gasteiger partial charge in [0.2, 0.25) is 0 Å². The van der Waals surface area contributed by atoms with Crippen LogP contribution in [-0.4, -0.2) is 118 Å². The van der Waals surface area contributed by atoms with Crippen LogP contribution in [0.15, 0.2) is 182 Å². The number of halogens is 9. The van der Waals surface area contributed by atoms with Crippen molar-refractivity contribution in [3.63, 3.8) is 0 Å². The van der Waals surface area contributed by atoms with Crippen LogP contribution in [0.1, 0.15) is 104 Å². The number of fused-ring (bicyclic) bond motifs is 1. The Bertz CT molecular complexity index is 5760. The number of imide groups is 1. The molecule has 6 N–H and O–H groups in total. The largest absolute Gasteiger partial charge is 0.399 e. The first-order valence-corrected chi connectivity index (χ1v) is 43.2. The molecule has 11 rings (SSSR count). The van der Waals surface area contributed by atoms with E-state index in [0.717, 1.165) is 83.2 Å². The second-order valence-corrected chi connectivity index (χ2v) is 35.3. The summed E-state index contributed by atoms with van der Waals surface area (Å²) in [5, 5.41) is 57.0. The van der Waals surface area contributed by atoms with E-state index in [1.807, 2.05) is 28.9 Å². The second kappa shape index (κ2) is 46.6. The van der Waals surface area contributed by atoms with Crippen LogP contribution in [0.3, 0.4) is 0 Å². The second-order valence-electron chi connectivity index (χ2n) is 27.6. The summed E-state index contributed by atoms with van der Waals surface area (Å²) < 4.78 is 159. The Labute approximate surface area is 709 Å². The molecule has 122 heavy (non-hydrogen) atoms. The van der Waals surface area contributed by atoms with Crippen molar-refractivity contribution in [2.45, 2.75) is 90.7 Å². The van der Waals surface area contributed by atoms with Gasteiger partial charge in [0.15, 0.2) is 0 Å².